The minimum atomic E-state index is -0.958. The predicted molar refractivity (Wildman–Crippen MR) is 97.2 cm³/mol. The van der Waals surface area contributed by atoms with Gasteiger partial charge in [-0.3, -0.25) is 4.99 Å². The Balaban J connectivity index is 0.00000441. The number of methoxy groups -OCH3 is 1. The van der Waals surface area contributed by atoms with Gasteiger partial charge < -0.3 is 20.5 Å². The number of halogens is 2. The molecule has 0 fully saturated rings. The number of nitrogens with zero attached hydrogens (tertiary/aromatic N) is 1. The molecule has 1 atom stereocenters. The SMILES string of the molecule is CCNC(=NCC(O)c1ccccc1F)NCCCOC.I. The summed E-state index contributed by atoms with van der Waals surface area (Å²) in [6, 6.07) is 6.18. The van der Waals surface area contributed by atoms with Gasteiger partial charge in [-0.2, -0.15) is 0 Å². The van der Waals surface area contributed by atoms with E-state index in [1.807, 2.05) is 6.92 Å². The average Bonchev–Trinajstić information content (AvgIpc) is 2.49. The second kappa shape index (κ2) is 12.6. The number of nitrogens with one attached hydrogen (secondary N) is 2. The highest BCUT2D eigenvalue weighted by Gasteiger charge is 2.11. The van der Waals surface area contributed by atoms with Crippen LogP contribution in [0.4, 0.5) is 4.39 Å². The van der Waals surface area contributed by atoms with Crippen molar-refractivity contribution < 1.29 is 14.2 Å². The Morgan fingerprint density at radius 2 is 2.09 bits per heavy atom. The van der Waals surface area contributed by atoms with Gasteiger partial charge >= 0.3 is 0 Å². The molecule has 0 aromatic heterocycles. The molecular weight excluding hydrogens is 400 g/mol. The van der Waals surface area contributed by atoms with Gasteiger partial charge in [0.2, 0.25) is 0 Å². The number of rotatable bonds is 8. The molecule has 7 heteroatoms. The molecule has 3 N–H and O–H groups in total. The maximum Gasteiger partial charge on any atom is 0.191 e. The molecule has 1 aromatic rings. The van der Waals surface area contributed by atoms with Crippen molar-refractivity contribution in [2.45, 2.75) is 19.4 Å². The molecule has 5 nitrogen and oxygen atoms in total. The summed E-state index contributed by atoms with van der Waals surface area (Å²) in [6.45, 7) is 4.16. The van der Waals surface area contributed by atoms with Gasteiger partial charge in [0.05, 0.1) is 6.54 Å². The summed E-state index contributed by atoms with van der Waals surface area (Å²) >= 11 is 0. The fourth-order valence-corrected chi connectivity index (χ4v) is 1.79. The predicted octanol–water partition coefficient (Wildman–Crippen LogP) is 2.07. The summed E-state index contributed by atoms with van der Waals surface area (Å²) in [4.78, 5) is 4.27. The molecule has 22 heavy (non-hydrogen) atoms. The number of ether oxygens (including phenoxy) is 1. The third-order valence-electron chi connectivity index (χ3n) is 2.85. The summed E-state index contributed by atoms with van der Waals surface area (Å²) in [7, 11) is 1.66. The third-order valence-corrected chi connectivity index (χ3v) is 2.85. The van der Waals surface area contributed by atoms with Crippen LogP contribution in [0.15, 0.2) is 29.3 Å². The van der Waals surface area contributed by atoms with Crippen LogP contribution in [0.1, 0.15) is 25.0 Å². The summed E-state index contributed by atoms with van der Waals surface area (Å²) in [5, 5.41) is 16.2. The molecule has 1 unspecified atom stereocenters. The molecular formula is C15H25FIN3O2. The van der Waals surface area contributed by atoms with Crippen LogP contribution in [0, 0.1) is 5.82 Å². The van der Waals surface area contributed by atoms with Gasteiger partial charge in [0.25, 0.3) is 0 Å². The molecule has 0 radical (unpaired) electrons. The molecule has 0 aliphatic rings. The van der Waals surface area contributed by atoms with Crippen molar-refractivity contribution in [3.8, 4) is 0 Å². The van der Waals surface area contributed by atoms with Gasteiger partial charge in [0.15, 0.2) is 5.96 Å². The molecule has 0 aliphatic heterocycles. The van der Waals surface area contributed by atoms with E-state index in [1.54, 1.807) is 25.3 Å². The first-order chi connectivity index (χ1) is 10.2. The third kappa shape index (κ3) is 7.90. The largest absolute Gasteiger partial charge is 0.386 e. The zero-order chi connectivity index (χ0) is 15.5. The van der Waals surface area contributed by atoms with E-state index < -0.39 is 11.9 Å². The fourth-order valence-electron chi connectivity index (χ4n) is 1.79. The van der Waals surface area contributed by atoms with Crippen molar-refractivity contribution in [1.82, 2.24) is 10.6 Å². The van der Waals surface area contributed by atoms with Gasteiger partial charge in [-0.05, 0) is 19.4 Å². The number of hydrogen-bond donors (Lipinski definition) is 3. The fraction of sp³-hybridized carbons (Fsp3) is 0.533. The van der Waals surface area contributed by atoms with E-state index in [-0.39, 0.29) is 36.1 Å². The van der Waals surface area contributed by atoms with Crippen LogP contribution in [0.2, 0.25) is 0 Å². The second-order valence-electron chi connectivity index (χ2n) is 4.53. The highest BCUT2D eigenvalue weighted by atomic mass is 127. The van der Waals surface area contributed by atoms with Gasteiger partial charge in [0.1, 0.15) is 11.9 Å². The average molecular weight is 425 g/mol. The highest BCUT2D eigenvalue weighted by Crippen LogP contribution is 2.16. The van der Waals surface area contributed by atoms with Crippen molar-refractivity contribution in [1.29, 1.82) is 0 Å². The van der Waals surface area contributed by atoms with Crippen molar-refractivity contribution in [3.05, 3.63) is 35.6 Å². The van der Waals surface area contributed by atoms with Gasteiger partial charge in [-0.1, -0.05) is 18.2 Å². The van der Waals surface area contributed by atoms with Crippen LogP contribution in [-0.2, 0) is 4.74 Å². The summed E-state index contributed by atoms with van der Waals surface area (Å²) in [5.74, 6) is 0.183. The van der Waals surface area contributed by atoms with E-state index in [0.29, 0.717) is 19.1 Å². The van der Waals surface area contributed by atoms with Gasteiger partial charge in [-0.15, -0.1) is 24.0 Å². The Hall–Kier alpha value is -0.930. The Morgan fingerprint density at radius 3 is 2.73 bits per heavy atom. The number of guanidine groups is 1. The van der Waals surface area contributed by atoms with E-state index in [4.69, 9.17) is 4.74 Å². The lowest BCUT2D eigenvalue weighted by atomic mass is 10.1. The normalized spacial score (nSPS) is 12.5. The van der Waals surface area contributed by atoms with Crippen LogP contribution in [-0.4, -0.2) is 44.4 Å². The highest BCUT2D eigenvalue weighted by molar-refractivity contribution is 14.0. The zero-order valence-electron chi connectivity index (χ0n) is 13.0. The smallest absolute Gasteiger partial charge is 0.191 e. The molecule has 0 bridgehead atoms. The molecule has 126 valence electrons. The van der Waals surface area contributed by atoms with Crippen LogP contribution in [0.5, 0.6) is 0 Å². The van der Waals surface area contributed by atoms with Crippen LogP contribution < -0.4 is 10.6 Å². The molecule has 0 saturated carbocycles. The maximum absolute atomic E-state index is 13.5. The van der Waals surface area contributed by atoms with E-state index in [0.717, 1.165) is 13.0 Å². The first-order valence-corrected chi connectivity index (χ1v) is 7.12. The van der Waals surface area contributed by atoms with Crippen LogP contribution in [0.25, 0.3) is 0 Å². The molecule has 0 saturated heterocycles. The molecule has 0 heterocycles. The first kappa shape index (κ1) is 21.1. The lowest BCUT2D eigenvalue weighted by molar-refractivity contribution is 0.182. The van der Waals surface area contributed by atoms with Crippen molar-refractivity contribution in [2.75, 3.05) is 33.4 Å². The number of aliphatic imine (C=N–C) groups is 1. The Kier molecular flexibility index (Phi) is 12.1. The second-order valence-corrected chi connectivity index (χ2v) is 4.53. The standard InChI is InChI=1S/C15H24FN3O2.HI/c1-3-17-15(18-9-6-10-21-2)19-11-14(20)12-7-4-5-8-13(12)16;/h4-5,7-8,14,20H,3,6,9-11H2,1-2H3,(H2,17,18,19);1H. The summed E-state index contributed by atoms with van der Waals surface area (Å²) in [6.07, 6.45) is -0.0998. The van der Waals surface area contributed by atoms with E-state index in [9.17, 15) is 9.50 Å². The van der Waals surface area contributed by atoms with Crippen LogP contribution >= 0.6 is 24.0 Å². The molecule has 1 rings (SSSR count). The topological polar surface area (TPSA) is 65.9 Å². The lowest BCUT2D eigenvalue weighted by Crippen LogP contribution is -2.38. The van der Waals surface area contributed by atoms with Crippen molar-refractivity contribution in [3.63, 3.8) is 0 Å². The van der Waals surface area contributed by atoms with Crippen molar-refractivity contribution >= 4 is 29.9 Å². The van der Waals surface area contributed by atoms with E-state index >= 15 is 0 Å². The van der Waals surface area contributed by atoms with E-state index in [1.165, 1.54) is 6.07 Å². The molecule has 0 amide bonds. The van der Waals surface area contributed by atoms with E-state index in [2.05, 4.69) is 15.6 Å². The lowest BCUT2D eigenvalue weighted by Gasteiger charge is -2.13. The minimum Gasteiger partial charge on any atom is -0.386 e. The van der Waals surface area contributed by atoms with Gasteiger partial charge in [-0.25, -0.2) is 4.39 Å². The molecule has 1 aromatic carbocycles. The molecule has 0 aliphatic carbocycles. The van der Waals surface area contributed by atoms with Crippen LogP contribution in [0.3, 0.4) is 0 Å². The Labute approximate surface area is 148 Å². The number of hydrogen-bond acceptors (Lipinski definition) is 3. The maximum atomic E-state index is 13.5. The summed E-state index contributed by atoms with van der Waals surface area (Å²) in [5.41, 5.74) is 0.261. The summed E-state index contributed by atoms with van der Waals surface area (Å²) < 4.78 is 18.5. The number of aliphatic hydroxyl groups is 1. The molecule has 0 spiro atoms. The number of benzene rings is 1. The monoisotopic (exact) mass is 425 g/mol. The zero-order valence-corrected chi connectivity index (χ0v) is 15.3. The Bertz CT molecular complexity index is 447. The quantitative estimate of drug-likeness (QED) is 0.258. The number of aliphatic hydroxyl groups excluding tert-OH is 1. The Morgan fingerprint density at radius 1 is 1.36 bits per heavy atom. The van der Waals surface area contributed by atoms with Gasteiger partial charge in [0, 0.05) is 32.4 Å². The first-order valence-electron chi connectivity index (χ1n) is 7.12. The van der Waals surface area contributed by atoms with Crippen molar-refractivity contribution in [2.24, 2.45) is 4.99 Å². The minimum absolute atomic E-state index is 0.